The van der Waals surface area contributed by atoms with Gasteiger partial charge in [-0.25, -0.2) is 0 Å². The minimum Gasteiger partial charge on any atom is -0.313 e. The van der Waals surface area contributed by atoms with Crippen molar-refractivity contribution in [2.45, 2.75) is 51.5 Å². The van der Waals surface area contributed by atoms with E-state index in [-0.39, 0.29) is 0 Å². The van der Waals surface area contributed by atoms with Crippen molar-refractivity contribution in [1.82, 2.24) is 10.2 Å². The van der Waals surface area contributed by atoms with Crippen molar-refractivity contribution in [3.8, 4) is 0 Å². The maximum absolute atomic E-state index is 3.73. The van der Waals surface area contributed by atoms with Gasteiger partial charge in [0.25, 0.3) is 0 Å². The largest absolute Gasteiger partial charge is 0.313 e. The molecule has 2 rings (SSSR count). The number of likely N-dealkylation sites (tertiary alicyclic amines) is 1. The van der Waals surface area contributed by atoms with Crippen LogP contribution in [-0.4, -0.2) is 37.6 Å². The number of nitrogens with one attached hydrogen (secondary N) is 1. The quantitative estimate of drug-likeness (QED) is 0.789. The van der Waals surface area contributed by atoms with Gasteiger partial charge in [0.2, 0.25) is 0 Å². The molecule has 2 nitrogen and oxygen atoms in total. The molecular weight excluding hydrogens is 196 g/mol. The molecule has 0 amide bonds. The van der Waals surface area contributed by atoms with Crippen LogP contribution >= 0.6 is 0 Å². The Bertz CT molecular complexity index is 205. The lowest BCUT2D eigenvalue weighted by Crippen LogP contribution is -2.33. The van der Waals surface area contributed by atoms with Gasteiger partial charge < -0.3 is 10.2 Å². The summed E-state index contributed by atoms with van der Waals surface area (Å²) in [6, 6.07) is 0.769. The van der Waals surface area contributed by atoms with Gasteiger partial charge in [-0.2, -0.15) is 0 Å². The predicted octanol–water partition coefficient (Wildman–Crippen LogP) is 2.50. The van der Waals surface area contributed by atoms with Crippen LogP contribution in [0.4, 0.5) is 0 Å². The number of rotatable bonds is 4. The Morgan fingerprint density at radius 1 is 1.25 bits per heavy atom. The minimum absolute atomic E-state index is 0.769. The molecule has 1 N–H and O–H groups in total. The summed E-state index contributed by atoms with van der Waals surface area (Å²) in [4.78, 5) is 2.43. The molecule has 94 valence electrons. The summed E-state index contributed by atoms with van der Waals surface area (Å²) in [5.41, 5.74) is 0. The van der Waals surface area contributed by atoms with Crippen LogP contribution in [0.2, 0.25) is 0 Å². The van der Waals surface area contributed by atoms with Gasteiger partial charge in [0.05, 0.1) is 0 Å². The van der Waals surface area contributed by atoms with E-state index in [2.05, 4.69) is 24.2 Å². The Labute approximate surface area is 101 Å². The van der Waals surface area contributed by atoms with Crippen molar-refractivity contribution >= 4 is 0 Å². The molecule has 1 aliphatic carbocycles. The highest BCUT2D eigenvalue weighted by molar-refractivity contribution is 4.79. The molecule has 3 unspecified atom stereocenters. The summed E-state index contributed by atoms with van der Waals surface area (Å²) in [6.07, 6.45) is 8.65. The van der Waals surface area contributed by atoms with Crippen molar-refractivity contribution < 1.29 is 0 Å². The molecule has 2 heteroatoms. The van der Waals surface area contributed by atoms with Crippen molar-refractivity contribution in [2.75, 3.05) is 26.7 Å². The second-order valence-corrected chi connectivity index (χ2v) is 6.13. The Hall–Kier alpha value is -0.0800. The maximum Gasteiger partial charge on any atom is 0.0207 e. The average molecular weight is 224 g/mol. The molecule has 1 heterocycles. The van der Waals surface area contributed by atoms with E-state index < -0.39 is 0 Å². The third-order valence-corrected chi connectivity index (χ3v) is 4.42. The minimum atomic E-state index is 0.769. The third kappa shape index (κ3) is 3.74. The highest BCUT2D eigenvalue weighted by Crippen LogP contribution is 2.30. The zero-order valence-electron chi connectivity index (χ0n) is 11.0. The van der Waals surface area contributed by atoms with Crippen LogP contribution < -0.4 is 5.32 Å². The van der Waals surface area contributed by atoms with Crippen LogP contribution in [0.5, 0.6) is 0 Å². The summed E-state index contributed by atoms with van der Waals surface area (Å²) in [7, 11) is 2.23. The van der Waals surface area contributed by atoms with E-state index in [9.17, 15) is 0 Å². The van der Waals surface area contributed by atoms with Gasteiger partial charge in [-0.3, -0.25) is 0 Å². The summed E-state index contributed by atoms with van der Waals surface area (Å²) in [5, 5.41) is 3.73. The normalized spacial score (nSPS) is 36.8. The van der Waals surface area contributed by atoms with E-state index in [0.29, 0.717) is 0 Å². The Morgan fingerprint density at radius 3 is 2.81 bits per heavy atom. The molecule has 0 spiro atoms. The van der Waals surface area contributed by atoms with Crippen molar-refractivity contribution in [3.05, 3.63) is 0 Å². The van der Waals surface area contributed by atoms with E-state index in [0.717, 1.165) is 17.9 Å². The van der Waals surface area contributed by atoms with Gasteiger partial charge in [0.15, 0.2) is 0 Å². The van der Waals surface area contributed by atoms with Crippen molar-refractivity contribution in [3.63, 3.8) is 0 Å². The monoisotopic (exact) mass is 224 g/mol. The number of hydrogen-bond acceptors (Lipinski definition) is 2. The molecule has 0 aromatic heterocycles. The van der Waals surface area contributed by atoms with Crippen LogP contribution in [0.25, 0.3) is 0 Å². The SMILES string of the molecule is CC1CCCC(CCNC2CCN(C)C2)C1. The number of nitrogens with zero attached hydrogens (tertiary/aromatic N) is 1. The maximum atomic E-state index is 3.73. The fourth-order valence-electron chi connectivity index (χ4n) is 3.42. The molecule has 0 bridgehead atoms. The lowest BCUT2D eigenvalue weighted by atomic mass is 9.81. The molecule has 0 aromatic carbocycles. The Balaban J connectivity index is 1.57. The van der Waals surface area contributed by atoms with Crippen LogP contribution in [-0.2, 0) is 0 Å². The van der Waals surface area contributed by atoms with Crippen molar-refractivity contribution in [2.24, 2.45) is 11.8 Å². The van der Waals surface area contributed by atoms with Crippen LogP contribution in [0.3, 0.4) is 0 Å². The molecule has 16 heavy (non-hydrogen) atoms. The second-order valence-electron chi connectivity index (χ2n) is 6.13. The third-order valence-electron chi connectivity index (χ3n) is 4.42. The second kappa shape index (κ2) is 6.02. The first-order valence-corrected chi connectivity index (χ1v) is 7.16. The number of likely N-dealkylation sites (N-methyl/N-ethyl adjacent to an activating group) is 1. The molecular formula is C14H28N2. The average Bonchev–Trinajstić information content (AvgIpc) is 2.64. The lowest BCUT2D eigenvalue weighted by molar-refractivity contribution is 0.264. The molecule has 2 fully saturated rings. The Kier molecular flexibility index (Phi) is 4.66. The van der Waals surface area contributed by atoms with Gasteiger partial charge in [-0.05, 0) is 51.2 Å². The standard InChI is InChI=1S/C14H28N2/c1-12-4-3-5-13(10-12)6-8-15-14-7-9-16(2)11-14/h12-15H,3-11H2,1-2H3. The topological polar surface area (TPSA) is 15.3 Å². The van der Waals surface area contributed by atoms with E-state index in [1.807, 2.05) is 0 Å². The summed E-state index contributed by atoms with van der Waals surface area (Å²) >= 11 is 0. The molecule has 1 saturated heterocycles. The van der Waals surface area contributed by atoms with Gasteiger partial charge in [-0.1, -0.05) is 26.2 Å². The van der Waals surface area contributed by atoms with E-state index in [1.165, 1.54) is 58.2 Å². The smallest absolute Gasteiger partial charge is 0.0207 e. The van der Waals surface area contributed by atoms with Gasteiger partial charge in [-0.15, -0.1) is 0 Å². The first-order valence-electron chi connectivity index (χ1n) is 7.16. The fourth-order valence-corrected chi connectivity index (χ4v) is 3.42. The summed E-state index contributed by atoms with van der Waals surface area (Å²) in [6.45, 7) is 6.20. The zero-order valence-corrected chi connectivity index (χ0v) is 11.0. The molecule has 3 atom stereocenters. The first-order chi connectivity index (χ1) is 7.74. The van der Waals surface area contributed by atoms with E-state index in [1.54, 1.807) is 0 Å². The summed E-state index contributed by atoms with van der Waals surface area (Å²) in [5.74, 6) is 1.99. The van der Waals surface area contributed by atoms with Gasteiger partial charge in [0.1, 0.15) is 0 Å². The zero-order chi connectivity index (χ0) is 11.4. The Morgan fingerprint density at radius 2 is 2.12 bits per heavy atom. The molecule has 0 aromatic rings. The van der Waals surface area contributed by atoms with Crippen LogP contribution in [0, 0.1) is 11.8 Å². The fraction of sp³-hybridized carbons (Fsp3) is 1.00. The highest BCUT2D eigenvalue weighted by atomic mass is 15.2. The van der Waals surface area contributed by atoms with Gasteiger partial charge in [0, 0.05) is 12.6 Å². The molecule has 1 saturated carbocycles. The molecule has 0 radical (unpaired) electrons. The van der Waals surface area contributed by atoms with Crippen LogP contribution in [0.1, 0.15) is 45.4 Å². The highest BCUT2D eigenvalue weighted by Gasteiger charge is 2.21. The van der Waals surface area contributed by atoms with Gasteiger partial charge >= 0.3 is 0 Å². The summed E-state index contributed by atoms with van der Waals surface area (Å²) < 4.78 is 0. The predicted molar refractivity (Wildman–Crippen MR) is 69.6 cm³/mol. The lowest BCUT2D eigenvalue weighted by Gasteiger charge is -2.27. The molecule has 1 aliphatic heterocycles. The van der Waals surface area contributed by atoms with E-state index in [4.69, 9.17) is 0 Å². The first kappa shape index (κ1) is 12.4. The molecule has 2 aliphatic rings. The van der Waals surface area contributed by atoms with E-state index >= 15 is 0 Å². The van der Waals surface area contributed by atoms with Crippen molar-refractivity contribution in [1.29, 1.82) is 0 Å². The van der Waals surface area contributed by atoms with Crippen LogP contribution in [0.15, 0.2) is 0 Å². The number of hydrogen-bond donors (Lipinski definition) is 1.